The van der Waals surface area contributed by atoms with Crippen molar-refractivity contribution in [2.24, 2.45) is 0 Å². The zero-order valence-corrected chi connectivity index (χ0v) is 14.2. The van der Waals surface area contributed by atoms with E-state index in [-0.39, 0.29) is 5.91 Å². The molecule has 0 heterocycles. The van der Waals surface area contributed by atoms with Crippen molar-refractivity contribution in [3.05, 3.63) is 42.5 Å². The number of carbonyl (C=O) groups excluding carboxylic acids is 2. The van der Waals surface area contributed by atoms with E-state index in [0.717, 1.165) is 5.56 Å². The fraction of sp³-hybridized carbons (Fsp3) is 0.333. The van der Waals surface area contributed by atoms with E-state index >= 15 is 0 Å². The molecule has 1 atom stereocenters. The number of rotatable bonds is 9. The molecule has 0 aliphatic heterocycles. The number of ether oxygens (including phenoxy) is 3. The largest absolute Gasteiger partial charge is 0.493 e. The predicted molar refractivity (Wildman–Crippen MR) is 92.0 cm³/mol. The maximum atomic E-state index is 11.7. The van der Waals surface area contributed by atoms with Crippen LogP contribution in [0.15, 0.2) is 36.9 Å². The van der Waals surface area contributed by atoms with Crippen LogP contribution in [0.1, 0.15) is 19.4 Å². The van der Waals surface area contributed by atoms with Crippen molar-refractivity contribution in [1.82, 2.24) is 5.32 Å². The van der Waals surface area contributed by atoms with Crippen LogP contribution in [0.4, 0.5) is 0 Å². The van der Waals surface area contributed by atoms with Gasteiger partial charge in [0, 0.05) is 12.6 Å². The second-order valence-electron chi connectivity index (χ2n) is 4.82. The Hall–Kier alpha value is -2.76. The van der Waals surface area contributed by atoms with Gasteiger partial charge in [-0.1, -0.05) is 18.7 Å². The zero-order valence-electron chi connectivity index (χ0n) is 14.2. The van der Waals surface area contributed by atoms with Gasteiger partial charge in [-0.3, -0.25) is 4.79 Å². The van der Waals surface area contributed by atoms with E-state index in [1.807, 2.05) is 0 Å². The van der Waals surface area contributed by atoms with Crippen LogP contribution in [-0.4, -0.2) is 38.2 Å². The fourth-order valence-electron chi connectivity index (χ4n) is 1.81. The SMILES string of the molecule is C=CCOc1ccc(/C=C/C(=O)O[C@@H](C)C(=O)NCC)cc1OC. The molecule has 6 nitrogen and oxygen atoms in total. The highest BCUT2D eigenvalue weighted by Gasteiger charge is 2.15. The topological polar surface area (TPSA) is 73.9 Å². The van der Waals surface area contributed by atoms with Crippen molar-refractivity contribution in [1.29, 1.82) is 0 Å². The van der Waals surface area contributed by atoms with E-state index in [2.05, 4.69) is 11.9 Å². The number of amides is 1. The van der Waals surface area contributed by atoms with E-state index < -0.39 is 12.1 Å². The Labute approximate surface area is 142 Å². The van der Waals surface area contributed by atoms with Crippen LogP contribution in [0.3, 0.4) is 0 Å². The number of carbonyl (C=O) groups is 2. The van der Waals surface area contributed by atoms with Gasteiger partial charge in [-0.2, -0.15) is 0 Å². The van der Waals surface area contributed by atoms with Gasteiger partial charge >= 0.3 is 5.97 Å². The first kappa shape index (κ1) is 19.3. The lowest BCUT2D eigenvalue weighted by Gasteiger charge is -2.11. The van der Waals surface area contributed by atoms with Gasteiger partial charge in [0.2, 0.25) is 0 Å². The normalized spacial score (nSPS) is 11.6. The first-order valence-electron chi connectivity index (χ1n) is 7.60. The highest BCUT2D eigenvalue weighted by atomic mass is 16.5. The molecule has 130 valence electrons. The first-order valence-corrected chi connectivity index (χ1v) is 7.60. The van der Waals surface area contributed by atoms with Gasteiger partial charge in [-0.15, -0.1) is 0 Å². The van der Waals surface area contributed by atoms with E-state index in [4.69, 9.17) is 14.2 Å². The van der Waals surface area contributed by atoms with Crippen molar-refractivity contribution < 1.29 is 23.8 Å². The predicted octanol–water partition coefficient (Wildman–Crippen LogP) is 2.34. The molecule has 0 unspecified atom stereocenters. The van der Waals surface area contributed by atoms with Gasteiger partial charge in [0.05, 0.1) is 7.11 Å². The Balaban J connectivity index is 2.70. The Morgan fingerprint density at radius 3 is 2.71 bits per heavy atom. The van der Waals surface area contributed by atoms with E-state index in [1.54, 1.807) is 37.3 Å². The van der Waals surface area contributed by atoms with E-state index in [0.29, 0.717) is 24.7 Å². The maximum absolute atomic E-state index is 11.7. The molecule has 1 aromatic rings. The van der Waals surface area contributed by atoms with Crippen molar-refractivity contribution in [3.63, 3.8) is 0 Å². The quantitative estimate of drug-likeness (QED) is 0.426. The summed E-state index contributed by atoms with van der Waals surface area (Å²) in [5, 5.41) is 2.58. The van der Waals surface area contributed by atoms with Crippen LogP contribution in [0.5, 0.6) is 11.5 Å². The van der Waals surface area contributed by atoms with Crippen molar-refractivity contribution in [3.8, 4) is 11.5 Å². The molecule has 0 radical (unpaired) electrons. The summed E-state index contributed by atoms with van der Waals surface area (Å²) in [6, 6.07) is 5.25. The molecule has 0 fully saturated rings. The molecule has 24 heavy (non-hydrogen) atoms. The molecular weight excluding hydrogens is 310 g/mol. The Bertz CT molecular complexity index is 609. The lowest BCUT2D eigenvalue weighted by molar-refractivity contribution is -0.150. The van der Waals surface area contributed by atoms with Crippen LogP contribution >= 0.6 is 0 Å². The fourth-order valence-corrected chi connectivity index (χ4v) is 1.81. The third kappa shape index (κ3) is 6.16. The van der Waals surface area contributed by atoms with E-state index in [1.165, 1.54) is 20.1 Å². The Kier molecular flexibility index (Phi) is 8.11. The molecule has 1 amide bonds. The zero-order chi connectivity index (χ0) is 17.9. The Morgan fingerprint density at radius 2 is 2.08 bits per heavy atom. The van der Waals surface area contributed by atoms with Crippen LogP contribution in [0.2, 0.25) is 0 Å². The molecule has 1 rings (SSSR count). The van der Waals surface area contributed by atoms with Crippen molar-refractivity contribution >= 4 is 18.0 Å². The average Bonchev–Trinajstić information content (AvgIpc) is 2.58. The highest BCUT2D eigenvalue weighted by Crippen LogP contribution is 2.28. The third-order valence-electron chi connectivity index (χ3n) is 2.97. The second kappa shape index (κ2) is 10.1. The molecule has 0 aliphatic rings. The highest BCUT2D eigenvalue weighted by molar-refractivity contribution is 5.90. The molecule has 0 spiro atoms. The minimum Gasteiger partial charge on any atom is -0.493 e. The molecule has 1 aromatic carbocycles. The van der Waals surface area contributed by atoms with Gasteiger partial charge in [0.25, 0.3) is 5.91 Å². The van der Waals surface area contributed by atoms with Gasteiger partial charge in [0.1, 0.15) is 6.61 Å². The Morgan fingerprint density at radius 1 is 1.33 bits per heavy atom. The number of benzene rings is 1. The van der Waals surface area contributed by atoms with Gasteiger partial charge in [-0.05, 0) is 37.6 Å². The molecule has 0 bridgehead atoms. The molecule has 0 aliphatic carbocycles. The maximum Gasteiger partial charge on any atom is 0.331 e. The number of hydrogen-bond acceptors (Lipinski definition) is 5. The number of hydrogen-bond donors (Lipinski definition) is 1. The van der Waals surface area contributed by atoms with Crippen LogP contribution in [-0.2, 0) is 14.3 Å². The second-order valence-corrected chi connectivity index (χ2v) is 4.82. The van der Waals surface area contributed by atoms with Crippen molar-refractivity contribution in [2.45, 2.75) is 20.0 Å². The molecule has 6 heteroatoms. The summed E-state index contributed by atoms with van der Waals surface area (Å²) in [5.74, 6) is 0.203. The summed E-state index contributed by atoms with van der Waals surface area (Å²) in [6.45, 7) is 7.75. The van der Waals surface area contributed by atoms with Crippen LogP contribution < -0.4 is 14.8 Å². The monoisotopic (exact) mass is 333 g/mol. The third-order valence-corrected chi connectivity index (χ3v) is 2.97. The van der Waals surface area contributed by atoms with Gasteiger partial charge in [-0.25, -0.2) is 4.79 Å². The average molecular weight is 333 g/mol. The molecule has 1 N–H and O–H groups in total. The molecular formula is C18H23NO5. The minimum absolute atomic E-state index is 0.329. The minimum atomic E-state index is -0.841. The summed E-state index contributed by atoms with van der Waals surface area (Å²) in [7, 11) is 1.53. The summed E-state index contributed by atoms with van der Waals surface area (Å²) in [4.78, 5) is 23.3. The summed E-state index contributed by atoms with van der Waals surface area (Å²) in [6.07, 6.45) is 3.63. The van der Waals surface area contributed by atoms with Gasteiger partial charge < -0.3 is 19.5 Å². The number of esters is 1. The first-order chi connectivity index (χ1) is 11.5. The van der Waals surface area contributed by atoms with Crippen molar-refractivity contribution in [2.75, 3.05) is 20.3 Å². The molecule has 0 saturated heterocycles. The summed E-state index contributed by atoms with van der Waals surface area (Å²) >= 11 is 0. The number of nitrogens with one attached hydrogen (secondary N) is 1. The lowest BCUT2D eigenvalue weighted by Crippen LogP contribution is -2.35. The van der Waals surface area contributed by atoms with Crippen LogP contribution in [0.25, 0.3) is 6.08 Å². The number of likely N-dealkylation sites (N-methyl/N-ethyl adjacent to an activating group) is 1. The van der Waals surface area contributed by atoms with Gasteiger partial charge in [0.15, 0.2) is 17.6 Å². The summed E-state index contributed by atoms with van der Waals surface area (Å²) in [5.41, 5.74) is 0.736. The number of methoxy groups -OCH3 is 1. The van der Waals surface area contributed by atoms with E-state index in [9.17, 15) is 9.59 Å². The summed E-state index contributed by atoms with van der Waals surface area (Å²) < 4.78 is 15.7. The lowest BCUT2D eigenvalue weighted by atomic mass is 10.2. The molecule has 0 aromatic heterocycles. The molecule has 0 saturated carbocycles. The van der Waals surface area contributed by atoms with Crippen LogP contribution in [0, 0.1) is 0 Å². The standard InChI is InChI=1S/C18H23NO5/c1-5-11-23-15-9-7-14(12-16(15)22-4)8-10-17(20)24-13(3)18(21)19-6-2/h5,7-10,12-13H,1,6,11H2,2-4H3,(H,19,21)/b10-8+/t13-/m0/s1. The smallest absolute Gasteiger partial charge is 0.331 e.